The molecule has 1 unspecified atom stereocenters. The molecule has 1 aliphatic rings. The average molecular weight is 370 g/mol. The number of nitrogens with zero attached hydrogens (tertiary/aromatic N) is 3. The number of nitrogens with one attached hydrogen (secondary N) is 1. The van der Waals surface area contributed by atoms with Gasteiger partial charge in [0.25, 0.3) is 0 Å². The van der Waals surface area contributed by atoms with Crippen LogP contribution >= 0.6 is 12.4 Å². The lowest BCUT2D eigenvalue weighted by atomic mass is 9.97. The maximum atomic E-state index is 12.1. The molecule has 0 saturated carbocycles. The van der Waals surface area contributed by atoms with Gasteiger partial charge in [-0.2, -0.15) is 0 Å². The highest BCUT2D eigenvalue weighted by atomic mass is 35.5. The van der Waals surface area contributed by atoms with Crippen molar-refractivity contribution in [3.05, 3.63) is 23.9 Å². The third-order valence-electron chi connectivity index (χ3n) is 4.67. The summed E-state index contributed by atoms with van der Waals surface area (Å²) in [5.74, 6) is 1.20. The number of carbonyl (C=O) groups is 1. The summed E-state index contributed by atoms with van der Waals surface area (Å²) in [5, 5.41) is 2.91. The maximum Gasteiger partial charge on any atom is 0.224 e. The van der Waals surface area contributed by atoms with Crippen LogP contribution in [0.5, 0.6) is 0 Å². The van der Waals surface area contributed by atoms with Crippen molar-refractivity contribution < 1.29 is 4.79 Å². The van der Waals surface area contributed by atoms with Gasteiger partial charge in [0.05, 0.1) is 5.92 Å². The smallest absolute Gasteiger partial charge is 0.224 e. The van der Waals surface area contributed by atoms with Gasteiger partial charge in [-0.05, 0) is 44.9 Å². The maximum absolute atomic E-state index is 12.1. The highest BCUT2D eigenvalue weighted by molar-refractivity contribution is 5.85. The molecule has 1 aromatic heterocycles. The van der Waals surface area contributed by atoms with Gasteiger partial charge in [0.2, 0.25) is 5.91 Å². The van der Waals surface area contributed by atoms with Crippen LogP contribution in [-0.4, -0.2) is 55.1 Å². The summed E-state index contributed by atoms with van der Waals surface area (Å²) in [4.78, 5) is 21.2. The molecule has 1 fully saturated rings. The molecule has 142 valence electrons. The fraction of sp³-hybridized carbons (Fsp3) is 0.667. The highest BCUT2D eigenvalue weighted by Gasteiger charge is 2.25. The monoisotopic (exact) mass is 369 g/mol. The number of nitrogens with two attached hydrogens (primary N) is 1. The molecule has 2 heterocycles. The molecule has 0 radical (unpaired) electrons. The Morgan fingerprint density at radius 2 is 2.24 bits per heavy atom. The summed E-state index contributed by atoms with van der Waals surface area (Å²) in [6, 6.07) is 4.64. The second-order valence-electron chi connectivity index (χ2n) is 6.88. The summed E-state index contributed by atoms with van der Waals surface area (Å²) in [5.41, 5.74) is 6.65. The molecule has 1 atom stereocenters. The number of halogens is 1. The molecule has 0 aromatic carbocycles. The Morgan fingerprint density at radius 1 is 1.48 bits per heavy atom. The van der Waals surface area contributed by atoms with Crippen LogP contribution in [0.4, 0.5) is 5.82 Å². The molecule has 1 aromatic rings. The molecule has 3 N–H and O–H groups in total. The van der Waals surface area contributed by atoms with Crippen molar-refractivity contribution in [3.63, 3.8) is 0 Å². The van der Waals surface area contributed by atoms with Crippen LogP contribution < -0.4 is 16.0 Å². The number of hydrogen-bond acceptors (Lipinski definition) is 5. The number of carbonyl (C=O) groups excluding carboxylic acids is 1. The minimum absolute atomic E-state index is 0. The normalized spacial score (nSPS) is 17.9. The van der Waals surface area contributed by atoms with E-state index in [0.717, 1.165) is 38.3 Å². The van der Waals surface area contributed by atoms with Gasteiger partial charge in [-0.3, -0.25) is 9.69 Å². The number of rotatable bonds is 7. The number of amides is 1. The SMILES string of the molecule is CC(C)N(C)c1ccc(CN2CCCC(C(=O)NCCN)C2)cn1.Cl. The zero-order valence-electron chi connectivity index (χ0n) is 15.6. The largest absolute Gasteiger partial charge is 0.357 e. The predicted octanol–water partition coefficient (Wildman–Crippen LogP) is 1.63. The first-order valence-electron chi connectivity index (χ1n) is 8.89. The zero-order valence-corrected chi connectivity index (χ0v) is 16.4. The van der Waals surface area contributed by atoms with Crippen LogP contribution in [0.1, 0.15) is 32.3 Å². The second-order valence-corrected chi connectivity index (χ2v) is 6.88. The van der Waals surface area contributed by atoms with Gasteiger partial charge in [-0.15, -0.1) is 12.4 Å². The van der Waals surface area contributed by atoms with E-state index in [1.54, 1.807) is 0 Å². The van der Waals surface area contributed by atoms with Crippen LogP contribution in [0.3, 0.4) is 0 Å². The van der Waals surface area contributed by atoms with E-state index in [-0.39, 0.29) is 24.2 Å². The van der Waals surface area contributed by atoms with Crippen LogP contribution in [0.25, 0.3) is 0 Å². The molecule has 0 bridgehead atoms. The molecular formula is C18H32ClN5O. The highest BCUT2D eigenvalue weighted by Crippen LogP contribution is 2.19. The van der Waals surface area contributed by atoms with Crippen molar-refractivity contribution >= 4 is 24.1 Å². The van der Waals surface area contributed by atoms with Crippen molar-refractivity contribution in [2.75, 3.05) is 38.1 Å². The Hall–Kier alpha value is -1.37. The molecule has 1 aliphatic heterocycles. The van der Waals surface area contributed by atoms with Crippen molar-refractivity contribution in [1.29, 1.82) is 0 Å². The van der Waals surface area contributed by atoms with E-state index in [0.29, 0.717) is 19.1 Å². The van der Waals surface area contributed by atoms with E-state index in [1.165, 1.54) is 5.56 Å². The first-order chi connectivity index (χ1) is 11.5. The summed E-state index contributed by atoms with van der Waals surface area (Å²) in [6.45, 7) is 8.05. The van der Waals surface area contributed by atoms with E-state index < -0.39 is 0 Å². The van der Waals surface area contributed by atoms with Crippen molar-refractivity contribution in [1.82, 2.24) is 15.2 Å². The molecule has 0 aliphatic carbocycles. The van der Waals surface area contributed by atoms with Crippen LogP contribution in [-0.2, 0) is 11.3 Å². The molecule has 7 heteroatoms. The second kappa shape index (κ2) is 10.6. The number of piperidine rings is 1. The quantitative estimate of drug-likeness (QED) is 0.764. The predicted molar refractivity (Wildman–Crippen MR) is 105 cm³/mol. The van der Waals surface area contributed by atoms with Crippen molar-refractivity contribution in [2.45, 2.75) is 39.3 Å². The van der Waals surface area contributed by atoms with E-state index in [4.69, 9.17) is 5.73 Å². The number of hydrogen-bond donors (Lipinski definition) is 2. The summed E-state index contributed by atoms with van der Waals surface area (Å²) >= 11 is 0. The minimum atomic E-state index is 0. The zero-order chi connectivity index (χ0) is 17.5. The van der Waals surface area contributed by atoms with E-state index in [2.05, 4.69) is 53.1 Å². The molecule has 6 nitrogen and oxygen atoms in total. The molecule has 2 rings (SSSR count). The van der Waals surface area contributed by atoms with Crippen molar-refractivity contribution in [2.24, 2.45) is 11.7 Å². The topological polar surface area (TPSA) is 74.5 Å². The fourth-order valence-corrected chi connectivity index (χ4v) is 2.99. The summed E-state index contributed by atoms with van der Waals surface area (Å²) in [6.07, 6.45) is 3.97. The number of pyridine rings is 1. The third kappa shape index (κ3) is 6.45. The lowest BCUT2D eigenvalue weighted by molar-refractivity contribution is -0.126. The first kappa shape index (κ1) is 21.7. The van der Waals surface area contributed by atoms with Gasteiger partial charge >= 0.3 is 0 Å². The third-order valence-corrected chi connectivity index (χ3v) is 4.67. The molecular weight excluding hydrogens is 338 g/mol. The van der Waals surface area contributed by atoms with Crippen LogP contribution in [0.15, 0.2) is 18.3 Å². The summed E-state index contributed by atoms with van der Waals surface area (Å²) < 4.78 is 0. The van der Waals surface area contributed by atoms with E-state index in [1.807, 2.05) is 6.20 Å². The van der Waals surface area contributed by atoms with Crippen molar-refractivity contribution in [3.8, 4) is 0 Å². The standard InChI is InChI=1S/C18H31N5O.ClH/c1-14(2)22(3)17-7-6-15(11-21-17)12-23-10-4-5-16(13-23)18(24)20-9-8-19;/h6-7,11,14,16H,4-5,8-10,12-13,19H2,1-3H3,(H,20,24);1H. The van der Waals surface area contributed by atoms with Gasteiger partial charge in [0.1, 0.15) is 5.82 Å². The molecule has 25 heavy (non-hydrogen) atoms. The van der Waals surface area contributed by atoms with Crippen LogP contribution in [0, 0.1) is 5.92 Å². The molecule has 1 saturated heterocycles. The molecule has 1 amide bonds. The van der Waals surface area contributed by atoms with E-state index in [9.17, 15) is 4.79 Å². The van der Waals surface area contributed by atoms with Gasteiger partial charge < -0.3 is 16.0 Å². The summed E-state index contributed by atoms with van der Waals surface area (Å²) in [7, 11) is 2.06. The first-order valence-corrected chi connectivity index (χ1v) is 8.89. The van der Waals surface area contributed by atoms with E-state index >= 15 is 0 Å². The Labute approximate surface area is 157 Å². The van der Waals surface area contributed by atoms with Gasteiger partial charge in [0.15, 0.2) is 0 Å². The number of anilines is 1. The number of aromatic nitrogens is 1. The Kier molecular flexibility index (Phi) is 9.17. The Balaban J connectivity index is 0.00000312. The number of likely N-dealkylation sites (tertiary alicyclic amines) is 1. The van der Waals surface area contributed by atoms with Crippen LogP contribution in [0.2, 0.25) is 0 Å². The lowest BCUT2D eigenvalue weighted by Gasteiger charge is -2.32. The Bertz CT molecular complexity index is 523. The van der Waals surface area contributed by atoms with Gasteiger partial charge in [-0.1, -0.05) is 6.07 Å². The fourth-order valence-electron chi connectivity index (χ4n) is 2.99. The van der Waals surface area contributed by atoms with Gasteiger partial charge in [-0.25, -0.2) is 4.98 Å². The Morgan fingerprint density at radius 3 is 2.84 bits per heavy atom. The van der Waals surface area contributed by atoms with Gasteiger partial charge in [0, 0.05) is 45.5 Å². The minimum Gasteiger partial charge on any atom is -0.357 e. The average Bonchev–Trinajstić information content (AvgIpc) is 2.60. The lowest BCUT2D eigenvalue weighted by Crippen LogP contribution is -2.43. The molecule has 0 spiro atoms.